The maximum Gasteiger partial charge on any atom is 0.490 e. The van der Waals surface area contributed by atoms with Crippen LogP contribution in [0, 0.1) is 18.2 Å². The molecule has 1 atom stereocenters. The van der Waals surface area contributed by atoms with Gasteiger partial charge in [0.25, 0.3) is 11.8 Å². The third-order valence-electron chi connectivity index (χ3n) is 5.41. The van der Waals surface area contributed by atoms with Gasteiger partial charge in [-0.3, -0.25) is 30.8 Å². The van der Waals surface area contributed by atoms with Gasteiger partial charge in [-0.15, -0.1) is 0 Å². The minimum absolute atomic E-state index is 0.0531. The molecule has 3 aromatic rings. The van der Waals surface area contributed by atoms with Crippen LogP contribution < -0.4 is 31.4 Å². The SMILES string of the molecule is COc1cc(F)c(C(Nc2ccc(C(=N)N)cc2)C(=O)NNC(=O)c2cnccc2C)cc1OC.O=C(O)C(F)(F)F. The number of pyridine rings is 1. The quantitative estimate of drug-likeness (QED) is 0.0986. The summed E-state index contributed by atoms with van der Waals surface area (Å²) >= 11 is 0. The number of nitrogens with two attached hydrogens (primary N) is 1. The van der Waals surface area contributed by atoms with Crippen molar-refractivity contribution in [2.45, 2.75) is 19.1 Å². The molecule has 2 amide bonds. The minimum atomic E-state index is -5.08. The molecule has 0 radical (unpaired) electrons. The van der Waals surface area contributed by atoms with Crippen LogP contribution in [0.3, 0.4) is 0 Å². The van der Waals surface area contributed by atoms with Gasteiger partial charge in [0.15, 0.2) is 11.5 Å². The van der Waals surface area contributed by atoms with Gasteiger partial charge in [-0.25, -0.2) is 9.18 Å². The second kappa shape index (κ2) is 14.3. The van der Waals surface area contributed by atoms with Crippen molar-refractivity contribution in [3.8, 4) is 11.5 Å². The summed E-state index contributed by atoms with van der Waals surface area (Å²) < 4.78 is 57.2. The van der Waals surface area contributed by atoms with Crippen molar-refractivity contribution < 1.29 is 46.5 Å². The number of carbonyl (C=O) groups is 3. The number of hydrogen-bond acceptors (Lipinski definition) is 8. The Bertz CT molecular complexity index is 1450. The average molecular weight is 595 g/mol. The number of halogens is 4. The molecule has 12 nitrogen and oxygen atoms in total. The summed E-state index contributed by atoms with van der Waals surface area (Å²) in [6.07, 6.45) is -2.17. The number of amidine groups is 1. The monoisotopic (exact) mass is 594 g/mol. The Morgan fingerprint density at radius 3 is 2.10 bits per heavy atom. The van der Waals surface area contributed by atoms with Gasteiger partial charge in [0, 0.05) is 35.3 Å². The van der Waals surface area contributed by atoms with E-state index >= 15 is 4.39 Å². The number of carboxylic acids is 1. The van der Waals surface area contributed by atoms with E-state index in [1.165, 1.54) is 26.5 Å². The van der Waals surface area contributed by atoms with Gasteiger partial charge in [0.2, 0.25) is 0 Å². The number of hydrazine groups is 1. The molecule has 2 aromatic carbocycles. The lowest BCUT2D eigenvalue weighted by Gasteiger charge is -2.22. The van der Waals surface area contributed by atoms with E-state index in [1.807, 2.05) is 0 Å². The highest BCUT2D eigenvalue weighted by Gasteiger charge is 2.38. The van der Waals surface area contributed by atoms with Crippen molar-refractivity contribution in [3.05, 3.63) is 82.9 Å². The number of anilines is 1. The number of hydrogen-bond donors (Lipinski definition) is 6. The predicted molar refractivity (Wildman–Crippen MR) is 142 cm³/mol. The Hall–Kier alpha value is -5.41. The summed E-state index contributed by atoms with van der Waals surface area (Å²) in [5.74, 6) is -4.57. The summed E-state index contributed by atoms with van der Waals surface area (Å²) in [5.41, 5.74) is 12.0. The first-order chi connectivity index (χ1) is 19.7. The Balaban J connectivity index is 0.000000782. The number of aliphatic carboxylic acids is 1. The van der Waals surface area contributed by atoms with E-state index in [4.69, 9.17) is 30.5 Å². The summed E-state index contributed by atoms with van der Waals surface area (Å²) in [5, 5.41) is 17.6. The predicted octanol–water partition coefficient (Wildman–Crippen LogP) is 3.08. The smallest absolute Gasteiger partial charge is 0.490 e. The van der Waals surface area contributed by atoms with Gasteiger partial charge in [0.05, 0.1) is 19.8 Å². The largest absolute Gasteiger partial charge is 0.493 e. The summed E-state index contributed by atoms with van der Waals surface area (Å²) in [4.78, 5) is 38.5. The van der Waals surface area contributed by atoms with E-state index in [-0.39, 0.29) is 28.5 Å². The lowest BCUT2D eigenvalue weighted by molar-refractivity contribution is -0.192. The molecule has 3 rings (SSSR count). The Labute approximate surface area is 236 Å². The molecule has 0 aliphatic heterocycles. The van der Waals surface area contributed by atoms with Crippen LogP contribution in [0.4, 0.5) is 23.2 Å². The number of carbonyl (C=O) groups excluding carboxylic acids is 2. The fraction of sp³-hybridized carbons (Fsp3) is 0.192. The number of nitrogen functional groups attached to an aromatic ring is 1. The number of benzene rings is 2. The molecule has 0 aliphatic carbocycles. The van der Waals surface area contributed by atoms with Gasteiger partial charge in [-0.1, -0.05) is 0 Å². The van der Waals surface area contributed by atoms with Crippen molar-refractivity contribution in [2.24, 2.45) is 5.73 Å². The molecular formula is C26H26F4N6O6. The zero-order chi connectivity index (χ0) is 31.6. The average Bonchev–Trinajstić information content (AvgIpc) is 2.94. The molecule has 7 N–H and O–H groups in total. The zero-order valence-corrected chi connectivity index (χ0v) is 22.3. The van der Waals surface area contributed by atoms with Crippen LogP contribution in [0.1, 0.15) is 33.1 Å². The van der Waals surface area contributed by atoms with Gasteiger partial charge in [-0.05, 0) is 48.9 Å². The maximum atomic E-state index is 15.1. The molecule has 0 bridgehead atoms. The first kappa shape index (κ1) is 32.8. The topological polar surface area (TPSA) is 189 Å². The molecule has 0 spiro atoms. The molecule has 224 valence electrons. The second-order valence-corrected chi connectivity index (χ2v) is 8.23. The lowest BCUT2D eigenvalue weighted by atomic mass is 10.0. The highest BCUT2D eigenvalue weighted by molar-refractivity contribution is 5.97. The van der Waals surface area contributed by atoms with Crippen LogP contribution in [0.15, 0.2) is 54.9 Å². The van der Waals surface area contributed by atoms with E-state index in [2.05, 4.69) is 21.2 Å². The molecule has 0 saturated heterocycles. The number of carboxylic acid groups (broad SMARTS) is 1. The number of aromatic nitrogens is 1. The highest BCUT2D eigenvalue weighted by Crippen LogP contribution is 2.34. The molecule has 42 heavy (non-hydrogen) atoms. The Kier molecular flexibility index (Phi) is 11.2. The van der Waals surface area contributed by atoms with Crippen LogP contribution in [0.2, 0.25) is 0 Å². The molecule has 0 saturated carbocycles. The van der Waals surface area contributed by atoms with Crippen LogP contribution in [0.5, 0.6) is 11.5 Å². The lowest BCUT2D eigenvalue weighted by Crippen LogP contribution is -2.45. The Morgan fingerprint density at radius 1 is 1.02 bits per heavy atom. The van der Waals surface area contributed by atoms with Crippen molar-refractivity contribution >= 4 is 29.3 Å². The number of rotatable bonds is 8. The normalized spacial score (nSPS) is 11.2. The first-order valence-corrected chi connectivity index (χ1v) is 11.6. The van der Waals surface area contributed by atoms with Crippen LogP contribution in [-0.4, -0.2) is 54.1 Å². The molecule has 16 heteroatoms. The molecule has 1 aromatic heterocycles. The Morgan fingerprint density at radius 2 is 1.60 bits per heavy atom. The van der Waals surface area contributed by atoms with Crippen molar-refractivity contribution in [1.82, 2.24) is 15.8 Å². The number of ether oxygens (including phenoxy) is 2. The highest BCUT2D eigenvalue weighted by atomic mass is 19.4. The van der Waals surface area contributed by atoms with E-state index in [0.717, 1.165) is 6.07 Å². The zero-order valence-electron chi connectivity index (χ0n) is 22.3. The van der Waals surface area contributed by atoms with Crippen molar-refractivity contribution in [2.75, 3.05) is 19.5 Å². The maximum absolute atomic E-state index is 15.1. The number of alkyl halides is 3. The van der Waals surface area contributed by atoms with Crippen LogP contribution in [0.25, 0.3) is 0 Å². The number of methoxy groups -OCH3 is 2. The van der Waals surface area contributed by atoms with Crippen LogP contribution >= 0.6 is 0 Å². The molecular weight excluding hydrogens is 568 g/mol. The van der Waals surface area contributed by atoms with Crippen LogP contribution in [-0.2, 0) is 9.59 Å². The number of nitrogens with zero attached hydrogens (tertiary/aromatic N) is 1. The van der Waals surface area contributed by atoms with E-state index in [0.29, 0.717) is 16.8 Å². The number of aryl methyl sites for hydroxylation is 1. The minimum Gasteiger partial charge on any atom is -0.493 e. The first-order valence-electron chi connectivity index (χ1n) is 11.6. The fourth-order valence-electron chi connectivity index (χ4n) is 3.25. The number of nitrogens with one attached hydrogen (secondary N) is 4. The van der Waals surface area contributed by atoms with E-state index in [1.54, 1.807) is 43.5 Å². The molecule has 1 heterocycles. The van der Waals surface area contributed by atoms with E-state index < -0.39 is 35.8 Å². The van der Waals surface area contributed by atoms with Gasteiger partial charge < -0.3 is 25.6 Å². The third-order valence-corrected chi connectivity index (χ3v) is 5.41. The summed E-state index contributed by atoms with van der Waals surface area (Å²) in [7, 11) is 2.75. The fourth-order valence-corrected chi connectivity index (χ4v) is 3.25. The molecule has 0 aliphatic rings. The van der Waals surface area contributed by atoms with E-state index in [9.17, 15) is 22.8 Å². The molecule has 1 unspecified atom stereocenters. The van der Waals surface area contributed by atoms with Crippen molar-refractivity contribution in [3.63, 3.8) is 0 Å². The van der Waals surface area contributed by atoms with Gasteiger partial charge in [-0.2, -0.15) is 13.2 Å². The third kappa shape index (κ3) is 8.80. The number of amides is 2. The standard InChI is InChI=1S/C24H25FN6O4.C2HF3O2/c1-13-8-9-28-12-17(13)23(32)30-31-24(33)21(29-15-6-4-14(5-7-15)22(26)27)16-10-19(34-2)20(35-3)11-18(16)25;3-2(4,5)1(6)7/h4-12,21,29H,1-3H3,(H3,26,27)(H,30,32)(H,31,33);(H,6,7). The second-order valence-electron chi connectivity index (χ2n) is 8.23. The summed E-state index contributed by atoms with van der Waals surface area (Å²) in [6.45, 7) is 1.73. The van der Waals surface area contributed by atoms with Gasteiger partial charge in [0.1, 0.15) is 17.7 Å². The van der Waals surface area contributed by atoms with Crippen molar-refractivity contribution in [1.29, 1.82) is 5.41 Å². The van der Waals surface area contributed by atoms with Gasteiger partial charge >= 0.3 is 12.1 Å². The molecule has 0 fully saturated rings. The summed E-state index contributed by atoms with van der Waals surface area (Å²) in [6, 6.07) is 9.16.